The lowest BCUT2D eigenvalue weighted by molar-refractivity contribution is 0.0697. The lowest BCUT2D eigenvalue weighted by atomic mass is 10.1. The molecule has 0 radical (unpaired) electrons. The molecule has 2 amide bonds. The van der Waals surface area contributed by atoms with E-state index in [4.69, 9.17) is 0 Å². The van der Waals surface area contributed by atoms with Gasteiger partial charge in [-0.2, -0.15) is 4.31 Å². The smallest absolute Gasteiger partial charge is 0.265 e. The highest BCUT2D eigenvalue weighted by atomic mass is 32.2. The second kappa shape index (κ2) is 9.23. The van der Waals surface area contributed by atoms with Crippen molar-refractivity contribution >= 4 is 38.9 Å². The van der Waals surface area contributed by atoms with Gasteiger partial charge < -0.3 is 10.2 Å². The van der Waals surface area contributed by atoms with Crippen LogP contribution < -0.4 is 5.32 Å². The van der Waals surface area contributed by atoms with E-state index < -0.39 is 10.0 Å². The Morgan fingerprint density at radius 1 is 0.938 bits per heavy atom. The molecule has 32 heavy (non-hydrogen) atoms. The zero-order chi connectivity index (χ0) is 22.7. The van der Waals surface area contributed by atoms with E-state index in [0.29, 0.717) is 29.2 Å². The molecule has 3 aromatic rings. The van der Waals surface area contributed by atoms with Crippen molar-refractivity contribution in [3.8, 4) is 0 Å². The van der Waals surface area contributed by atoms with Crippen molar-refractivity contribution in [3.05, 3.63) is 82.0 Å². The Kier molecular flexibility index (Phi) is 6.40. The van der Waals surface area contributed by atoms with Gasteiger partial charge in [-0.1, -0.05) is 29.8 Å². The lowest BCUT2D eigenvalue weighted by Gasteiger charge is -2.34. The molecular formula is C23H23N3O4S2. The van der Waals surface area contributed by atoms with Crippen LogP contribution in [0.2, 0.25) is 0 Å². The number of hydrogen-bond acceptors (Lipinski definition) is 5. The van der Waals surface area contributed by atoms with Gasteiger partial charge in [-0.3, -0.25) is 9.59 Å². The normalized spacial score (nSPS) is 14.8. The van der Waals surface area contributed by atoms with Crippen LogP contribution in [0.15, 0.2) is 70.9 Å². The molecule has 2 heterocycles. The van der Waals surface area contributed by atoms with E-state index in [0.717, 1.165) is 5.56 Å². The number of piperazine rings is 1. The van der Waals surface area contributed by atoms with Crippen LogP contribution >= 0.6 is 11.3 Å². The molecule has 166 valence electrons. The summed E-state index contributed by atoms with van der Waals surface area (Å²) in [5.41, 5.74) is 1.98. The summed E-state index contributed by atoms with van der Waals surface area (Å²) >= 11 is 1.34. The standard InChI is InChI=1S/C23H23N3O4S2/c1-17-7-9-20(10-8-17)32(29,30)26-13-11-25(12-14-26)23(28)18-4-2-5-19(16-18)24-22(27)21-6-3-15-31-21/h2-10,15-16H,11-14H2,1H3,(H,24,27). The first-order chi connectivity index (χ1) is 15.3. The molecule has 0 atom stereocenters. The van der Waals surface area contributed by atoms with Crippen LogP contribution in [0.3, 0.4) is 0 Å². The third-order valence-electron chi connectivity index (χ3n) is 5.30. The maximum absolute atomic E-state index is 13.0. The van der Waals surface area contributed by atoms with E-state index >= 15 is 0 Å². The van der Waals surface area contributed by atoms with Gasteiger partial charge in [-0.05, 0) is 48.7 Å². The van der Waals surface area contributed by atoms with Crippen molar-refractivity contribution in [1.82, 2.24) is 9.21 Å². The Bertz CT molecular complexity index is 1210. The first-order valence-corrected chi connectivity index (χ1v) is 12.5. The second-order valence-electron chi connectivity index (χ2n) is 7.52. The topological polar surface area (TPSA) is 86.8 Å². The fourth-order valence-electron chi connectivity index (χ4n) is 3.50. The van der Waals surface area contributed by atoms with Crippen molar-refractivity contribution in [2.24, 2.45) is 0 Å². The number of sulfonamides is 1. The summed E-state index contributed by atoms with van der Waals surface area (Å²) in [6.07, 6.45) is 0. The van der Waals surface area contributed by atoms with Gasteiger partial charge in [0.15, 0.2) is 0 Å². The van der Waals surface area contributed by atoms with E-state index in [1.165, 1.54) is 15.6 Å². The van der Waals surface area contributed by atoms with Gasteiger partial charge >= 0.3 is 0 Å². The SMILES string of the molecule is Cc1ccc(S(=O)(=O)N2CCN(C(=O)c3cccc(NC(=O)c4cccs4)c3)CC2)cc1. The molecule has 0 spiro atoms. The summed E-state index contributed by atoms with van der Waals surface area (Å²) < 4.78 is 27.2. The fraction of sp³-hybridized carbons (Fsp3) is 0.217. The summed E-state index contributed by atoms with van der Waals surface area (Å²) in [5, 5.41) is 4.63. The van der Waals surface area contributed by atoms with E-state index in [1.54, 1.807) is 65.6 Å². The maximum Gasteiger partial charge on any atom is 0.265 e. The number of anilines is 1. The molecule has 1 fully saturated rings. The quantitative estimate of drug-likeness (QED) is 0.620. The first-order valence-electron chi connectivity index (χ1n) is 10.2. The van der Waals surface area contributed by atoms with Crippen molar-refractivity contribution in [3.63, 3.8) is 0 Å². The number of nitrogens with zero attached hydrogens (tertiary/aromatic N) is 2. The molecule has 2 aromatic carbocycles. The second-order valence-corrected chi connectivity index (χ2v) is 10.4. The molecule has 1 N–H and O–H groups in total. The highest BCUT2D eigenvalue weighted by Gasteiger charge is 2.30. The number of amides is 2. The van der Waals surface area contributed by atoms with Crippen molar-refractivity contribution in [2.45, 2.75) is 11.8 Å². The van der Waals surface area contributed by atoms with Crippen LogP contribution in [0.4, 0.5) is 5.69 Å². The Morgan fingerprint density at radius 3 is 2.31 bits per heavy atom. The monoisotopic (exact) mass is 469 g/mol. The van der Waals surface area contributed by atoms with Crippen LogP contribution in [0.5, 0.6) is 0 Å². The minimum atomic E-state index is -3.59. The third-order valence-corrected chi connectivity index (χ3v) is 8.08. The van der Waals surface area contributed by atoms with Crippen molar-refractivity contribution in [2.75, 3.05) is 31.5 Å². The highest BCUT2D eigenvalue weighted by Crippen LogP contribution is 2.20. The zero-order valence-electron chi connectivity index (χ0n) is 17.5. The lowest BCUT2D eigenvalue weighted by Crippen LogP contribution is -2.50. The molecule has 1 aliphatic rings. The number of hydrogen-bond donors (Lipinski definition) is 1. The van der Waals surface area contributed by atoms with Crippen LogP contribution in [-0.4, -0.2) is 55.6 Å². The van der Waals surface area contributed by atoms with E-state index in [2.05, 4.69) is 5.32 Å². The number of carbonyl (C=O) groups is 2. The van der Waals surface area contributed by atoms with Gasteiger partial charge in [0.05, 0.1) is 9.77 Å². The minimum Gasteiger partial charge on any atom is -0.336 e. The summed E-state index contributed by atoms with van der Waals surface area (Å²) in [5.74, 6) is -0.413. The van der Waals surface area contributed by atoms with Gasteiger partial charge in [-0.15, -0.1) is 11.3 Å². The Hall–Kier alpha value is -3.01. The molecule has 1 saturated heterocycles. The third kappa shape index (κ3) is 4.74. The summed E-state index contributed by atoms with van der Waals surface area (Å²) in [6, 6.07) is 17.1. The van der Waals surface area contributed by atoms with E-state index in [1.807, 2.05) is 12.3 Å². The summed E-state index contributed by atoms with van der Waals surface area (Å²) in [7, 11) is -3.59. The van der Waals surface area contributed by atoms with Crippen LogP contribution in [0, 0.1) is 6.92 Å². The predicted molar refractivity (Wildman–Crippen MR) is 125 cm³/mol. The summed E-state index contributed by atoms with van der Waals surface area (Å²) in [6.45, 7) is 2.97. The molecule has 0 unspecified atom stereocenters. The minimum absolute atomic E-state index is 0.190. The number of benzene rings is 2. The van der Waals surface area contributed by atoms with E-state index in [-0.39, 0.29) is 29.8 Å². The maximum atomic E-state index is 13.0. The molecule has 0 saturated carbocycles. The Balaban J connectivity index is 1.40. The number of rotatable bonds is 5. The Morgan fingerprint density at radius 2 is 1.66 bits per heavy atom. The largest absolute Gasteiger partial charge is 0.336 e. The molecule has 9 heteroatoms. The molecular weight excluding hydrogens is 446 g/mol. The van der Waals surface area contributed by atoms with Crippen LogP contribution in [0.25, 0.3) is 0 Å². The first kappa shape index (κ1) is 22.2. The number of aryl methyl sites for hydroxylation is 1. The number of thiophene rings is 1. The summed E-state index contributed by atoms with van der Waals surface area (Å²) in [4.78, 5) is 27.7. The predicted octanol–water partition coefficient (Wildman–Crippen LogP) is 3.46. The molecule has 7 nitrogen and oxygen atoms in total. The van der Waals surface area contributed by atoms with Crippen LogP contribution in [0.1, 0.15) is 25.6 Å². The zero-order valence-corrected chi connectivity index (χ0v) is 19.2. The molecule has 0 bridgehead atoms. The van der Waals surface area contributed by atoms with Gasteiger partial charge in [0, 0.05) is 37.4 Å². The molecule has 0 aliphatic carbocycles. The van der Waals surface area contributed by atoms with Crippen molar-refractivity contribution < 1.29 is 18.0 Å². The Labute approximate surface area is 191 Å². The average molecular weight is 470 g/mol. The fourth-order valence-corrected chi connectivity index (χ4v) is 5.54. The average Bonchev–Trinajstić information content (AvgIpc) is 3.34. The van der Waals surface area contributed by atoms with Gasteiger partial charge in [-0.25, -0.2) is 8.42 Å². The highest BCUT2D eigenvalue weighted by molar-refractivity contribution is 7.89. The molecule has 1 aromatic heterocycles. The number of carbonyl (C=O) groups excluding carboxylic acids is 2. The molecule has 1 aliphatic heterocycles. The van der Waals surface area contributed by atoms with Gasteiger partial charge in [0.2, 0.25) is 10.0 Å². The van der Waals surface area contributed by atoms with Gasteiger partial charge in [0.25, 0.3) is 11.8 Å². The van der Waals surface area contributed by atoms with Crippen LogP contribution in [-0.2, 0) is 10.0 Å². The molecule has 4 rings (SSSR count). The van der Waals surface area contributed by atoms with E-state index in [9.17, 15) is 18.0 Å². The van der Waals surface area contributed by atoms with Crippen molar-refractivity contribution in [1.29, 1.82) is 0 Å². The van der Waals surface area contributed by atoms with Gasteiger partial charge in [0.1, 0.15) is 0 Å². The number of nitrogens with one attached hydrogen (secondary N) is 1.